The second-order valence-electron chi connectivity index (χ2n) is 7.12. The highest BCUT2D eigenvalue weighted by molar-refractivity contribution is 5.97. The standard InChI is InChI=1S/C21H22FNO/c22-19-7-2-1-4-16(19)11-21(24)17-6-3-5-15(10-17)18-12-20(18)23-13-14-8-9-14/h1-7,10,14,18,20,23H,8-9,11-13H2. The highest BCUT2D eigenvalue weighted by Crippen LogP contribution is 2.41. The lowest BCUT2D eigenvalue weighted by atomic mass is 9.99. The van der Waals surface area contributed by atoms with Crippen LogP contribution in [-0.2, 0) is 6.42 Å². The molecule has 0 aliphatic heterocycles. The van der Waals surface area contributed by atoms with Crippen LogP contribution in [0.3, 0.4) is 0 Å². The maximum absolute atomic E-state index is 13.7. The minimum Gasteiger partial charge on any atom is -0.313 e. The van der Waals surface area contributed by atoms with Crippen molar-refractivity contribution < 1.29 is 9.18 Å². The van der Waals surface area contributed by atoms with E-state index in [0.717, 1.165) is 18.9 Å². The van der Waals surface area contributed by atoms with Gasteiger partial charge in [0, 0.05) is 23.9 Å². The summed E-state index contributed by atoms with van der Waals surface area (Å²) in [6.45, 7) is 1.13. The molecule has 0 amide bonds. The number of halogens is 1. The Labute approximate surface area is 142 Å². The topological polar surface area (TPSA) is 29.1 Å². The molecule has 2 aromatic carbocycles. The van der Waals surface area contributed by atoms with Crippen molar-refractivity contribution in [2.45, 2.75) is 37.6 Å². The summed E-state index contributed by atoms with van der Waals surface area (Å²) in [5.74, 6) is 1.07. The summed E-state index contributed by atoms with van der Waals surface area (Å²) in [6, 6.07) is 14.9. The molecule has 0 aromatic heterocycles. The molecule has 1 N–H and O–H groups in total. The Hall–Kier alpha value is -2.00. The van der Waals surface area contributed by atoms with Gasteiger partial charge in [0.15, 0.2) is 5.78 Å². The summed E-state index contributed by atoms with van der Waals surface area (Å²) in [6.07, 6.45) is 4.00. The van der Waals surface area contributed by atoms with E-state index in [1.807, 2.05) is 18.2 Å². The van der Waals surface area contributed by atoms with Crippen LogP contribution < -0.4 is 5.32 Å². The molecule has 124 valence electrons. The smallest absolute Gasteiger partial charge is 0.167 e. The summed E-state index contributed by atoms with van der Waals surface area (Å²) in [5.41, 5.74) is 2.37. The number of hydrogen-bond donors (Lipinski definition) is 1. The summed E-state index contributed by atoms with van der Waals surface area (Å²) < 4.78 is 13.7. The van der Waals surface area contributed by atoms with E-state index in [1.165, 1.54) is 24.5 Å². The van der Waals surface area contributed by atoms with Gasteiger partial charge in [-0.2, -0.15) is 0 Å². The first-order valence-corrected chi connectivity index (χ1v) is 8.80. The molecule has 2 nitrogen and oxygen atoms in total. The molecule has 2 saturated carbocycles. The predicted octanol–water partition coefficient (Wildman–Crippen LogP) is 4.11. The maximum atomic E-state index is 13.7. The van der Waals surface area contributed by atoms with Crippen molar-refractivity contribution in [1.82, 2.24) is 5.32 Å². The average molecular weight is 323 g/mol. The molecule has 4 rings (SSSR count). The predicted molar refractivity (Wildman–Crippen MR) is 92.7 cm³/mol. The van der Waals surface area contributed by atoms with Crippen molar-refractivity contribution in [3.63, 3.8) is 0 Å². The number of hydrogen-bond acceptors (Lipinski definition) is 2. The number of Topliss-reactive ketones (excluding diaryl/α,β-unsaturated/α-hetero) is 1. The van der Waals surface area contributed by atoms with Gasteiger partial charge in [-0.25, -0.2) is 4.39 Å². The monoisotopic (exact) mass is 323 g/mol. The first-order chi connectivity index (χ1) is 11.7. The van der Waals surface area contributed by atoms with E-state index < -0.39 is 0 Å². The second kappa shape index (κ2) is 6.48. The van der Waals surface area contributed by atoms with E-state index >= 15 is 0 Å². The summed E-state index contributed by atoms with van der Waals surface area (Å²) in [7, 11) is 0. The Morgan fingerprint density at radius 2 is 1.96 bits per heavy atom. The lowest BCUT2D eigenvalue weighted by molar-refractivity contribution is 0.0991. The van der Waals surface area contributed by atoms with Gasteiger partial charge < -0.3 is 5.32 Å². The number of nitrogens with one attached hydrogen (secondary N) is 1. The van der Waals surface area contributed by atoms with Crippen LogP contribution in [0.2, 0.25) is 0 Å². The van der Waals surface area contributed by atoms with Gasteiger partial charge in [0.25, 0.3) is 0 Å². The molecule has 2 fully saturated rings. The van der Waals surface area contributed by atoms with Gasteiger partial charge in [-0.1, -0.05) is 36.4 Å². The van der Waals surface area contributed by atoms with Gasteiger partial charge in [0.2, 0.25) is 0 Å². The third-order valence-corrected chi connectivity index (χ3v) is 5.10. The number of rotatable bonds is 7. The highest BCUT2D eigenvalue weighted by Gasteiger charge is 2.39. The zero-order valence-corrected chi connectivity index (χ0v) is 13.7. The van der Waals surface area contributed by atoms with Gasteiger partial charge in [-0.15, -0.1) is 0 Å². The zero-order valence-electron chi connectivity index (χ0n) is 13.7. The average Bonchev–Trinajstić information content (AvgIpc) is 3.49. The van der Waals surface area contributed by atoms with Gasteiger partial charge in [0.1, 0.15) is 5.82 Å². The Morgan fingerprint density at radius 3 is 2.75 bits per heavy atom. The SMILES string of the molecule is O=C(Cc1ccccc1F)c1cccc(C2CC2NCC2CC2)c1. The normalized spacial score (nSPS) is 22.4. The van der Waals surface area contributed by atoms with Crippen LogP contribution in [0.1, 0.15) is 46.7 Å². The fourth-order valence-corrected chi connectivity index (χ4v) is 3.29. The molecule has 24 heavy (non-hydrogen) atoms. The van der Waals surface area contributed by atoms with Crippen LogP contribution in [0.15, 0.2) is 48.5 Å². The Bertz CT molecular complexity index is 753. The minimum atomic E-state index is -0.312. The zero-order chi connectivity index (χ0) is 16.5. The van der Waals surface area contributed by atoms with Crippen molar-refractivity contribution in [3.05, 3.63) is 71.0 Å². The Balaban J connectivity index is 1.41. The number of ketones is 1. The molecular weight excluding hydrogens is 301 g/mol. The third kappa shape index (κ3) is 3.57. The number of carbonyl (C=O) groups excluding carboxylic acids is 1. The Morgan fingerprint density at radius 1 is 1.12 bits per heavy atom. The minimum absolute atomic E-state index is 0.0231. The molecule has 0 radical (unpaired) electrons. The van der Waals surface area contributed by atoms with Crippen molar-refractivity contribution in [2.75, 3.05) is 6.54 Å². The van der Waals surface area contributed by atoms with E-state index in [1.54, 1.807) is 18.2 Å². The molecule has 3 heteroatoms. The molecule has 2 unspecified atom stereocenters. The van der Waals surface area contributed by atoms with Gasteiger partial charge >= 0.3 is 0 Å². The fourth-order valence-electron chi connectivity index (χ4n) is 3.29. The number of benzene rings is 2. The largest absolute Gasteiger partial charge is 0.313 e. The molecular formula is C21H22FNO. The second-order valence-corrected chi connectivity index (χ2v) is 7.12. The first-order valence-electron chi connectivity index (χ1n) is 8.80. The molecule has 0 saturated heterocycles. The molecule has 0 bridgehead atoms. The fraction of sp³-hybridized carbons (Fsp3) is 0.381. The molecule has 0 heterocycles. The molecule has 2 atom stereocenters. The summed E-state index contributed by atoms with van der Waals surface area (Å²) >= 11 is 0. The van der Waals surface area contributed by atoms with Crippen molar-refractivity contribution in [1.29, 1.82) is 0 Å². The van der Waals surface area contributed by atoms with E-state index in [2.05, 4.69) is 11.4 Å². The summed E-state index contributed by atoms with van der Waals surface area (Å²) in [4.78, 5) is 12.5. The van der Waals surface area contributed by atoms with Gasteiger partial charge in [-0.05, 0) is 55.0 Å². The van der Waals surface area contributed by atoms with E-state index in [0.29, 0.717) is 23.1 Å². The van der Waals surface area contributed by atoms with Crippen molar-refractivity contribution in [2.24, 2.45) is 5.92 Å². The first kappa shape index (κ1) is 15.5. The molecule has 2 aliphatic carbocycles. The summed E-state index contributed by atoms with van der Waals surface area (Å²) in [5, 5.41) is 3.63. The van der Waals surface area contributed by atoms with Gasteiger partial charge in [0.05, 0.1) is 0 Å². The lowest BCUT2D eigenvalue weighted by Crippen LogP contribution is -2.20. The van der Waals surface area contributed by atoms with Crippen LogP contribution in [-0.4, -0.2) is 18.4 Å². The Kier molecular flexibility index (Phi) is 4.19. The van der Waals surface area contributed by atoms with E-state index in [-0.39, 0.29) is 18.0 Å². The molecule has 2 aliphatic rings. The molecule has 0 spiro atoms. The van der Waals surface area contributed by atoms with E-state index in [4.69, 9.17) is 0 Å². The third-order valence-electron chi connectivity index (χ3n) is 5.10. The highest BCUT2D eigenvalue weighted by atomic mass is 19.1. The van der Waals surface area contributed by atoms with Gasteiger partial charge in [-0.3, -0.25) is 4.79 Å². The van der Waals surface area contributed by atoms with E-state index in [9.17, 15) is 9.18 Å². The van der Waals surface area contributed by atoms with Crippen molar-refractivity contribution in [3.8, 4) is 0 Å². The maximum Gasteiger partial charge on any atom is 0.167 e. The molecule has 2 aromatic rings. The van der Waals surface area contributed by atoms with Crippen LogP contribution in [0, 0.1) is 11.7 Å². The van der Waals surface area contributed by atoms with Crippen LogP contribution in [0.4, 0.5) is 4.39 Å². The number of carbonyl (C=O) groups is 1. The van der Waals surface area contributed by atoms with Crippen LogP contribution >= 0.6 is 0 Å². The van der Waals surface area contributed by atoms with Crippen molar-refractivity contribution >= 4 is 5.78 Å². The van der Waals surface area contributed by atoms with Crippen LogP contribution in [0.5, 0.6) is 0 Å². The quantitative estimate of drug-likeness (QED) is 0.777. The lowest BCUT2D eigenvalue weighted by Gasteiger charge is -2.07. The van der Waals surface area contributed by atoms with Crippen LogP contribution in [0.25, 0.3) is 0 Å².